The van der Waals surface area contributed by atoms with E-state index in [-0.39, 0.29) is 11.4 Å². The number of hydrogen-bond donors (Lipinski definition) is 2. The number of aryl methyl sites for hydroxylation is 1. The molecular weight excluding hydrogens is 405 g/mol. The number of benzene rings is 2. The number of imidazole rings is 1. The summed E-state index contributed by atoms with van der Waals surface area (Å²) < 4.78 is 63.6. The second kappa shape index (κ2) is 7.53. The minimum Gasteiger partial charge on any atom is -0.380 e. The first-order chi connectivity index (χ1) is 13.5. The van der Waals surface area contributed by atoms with Crippen molar-refractivity contribution in [1.82, 2.24) is 9.55 Å². The Morgan fingerprint density at radius 2 is 1.79 bits per heavy atom. The molecule has 0 saturated heterocycles. The van der Waals surface area contributed by atoms with Gasteiger partial charge >= 0.3 is 6.18 Å². The molecule has 0 fully saturated rings. The number of anilines is 1. The van der Waals surface area contributed by atoms with Gasteiger partial charge in [0.2, 0.25) is 10.0 Å². The zero-order chi connectivity index (χ0) is 21.4. The monoisotopic (exact) mass is 424 g/mol. The third kappa shape index (κ3) is 4.60. The van der Waals surface area contributed by atoms with Crippen LogP contribution in [0, 0.1) is 6.92 Å². The zero-order valence-corrected chi connectivity index (χ0v) is 16.5. The quantitative estimate of drug-likeness (QED) is 0.654. The second-order valence-electron chi connectivity index (χ2n) is 6.63. The largest absolute Gasteiger partial charge is 0.416 e. The maximum atomic E-state index is 12.7. The Labute approximate surface area is 166 Å². The predicted molar refractivity (Wildman–Crippen MR) is 104 cm³/mol. The summed E-state index contributed by atoms with van der Waals surface area (Å²) in [5, 5.41) is 8.46. The number of nitrogens with zero attached hydrogens (tertiary/aromatic N) is 2. The number of primary sulfonamides is 1. The molecule has 10 heteroatoms. The van der Waals surface area contributed by atoms with Gasteiger partial charge in [0.1, 0.15) is 0 Å². The minimum absolute atomic E-state index is 0.0155. The van der Waals surface area contributed by atoms with Crippen LogP contribution in [-0.4, -0.2) is 18.0 Å². The lowest BCUT2D eigenvalue weighted by Gasteiger charge is -2.16. The Bertz CT molecular complexity index is 1140. The highest BCUT2D eigenvalue weighted by Gasteiger charge is 2.29. The van der Waals surface area contributed by atoms with Crippen molar-refractivity contribution in [3.05, 3.63) is 65.6 Å². The van der Waals surface area contributed by atoms with Gasteiger partial charge in [0.15, 0.2) is 0 Å². The van der Waals surface area contributed by atoms with Crippen LogP contribution in [0.15, 0.2) is 53.8 Å². The van der Waals surface area contributed by atoms with Gasteiger partial charge in [-0.05, 0) is 42.3 Å². The van der Waals surface area contributed by atoms with Gasteiger partial charge in [-0.2, -0.15) is 13.2 Å². The molecule has 3 rings (SSSR count). The fraction of sp³-hybridized carbons (Fsp3) is 0.211. The standard InChI is InChI=1S/C19H19F3N4O2S/c1-12-17(29(23,27)28)8-7-15(18(12)16-10-26(2)11-25-16)24-9-13-3-5-14(6-4-13)19(20,21)22/h3-8,10-11,24H,9H2,1-2H3,(H2,23,27,28). The molecule has 1 heterocycles. The first kappa shape index (κ1) is 20.9. The molecule has 0 bridgehead atoms. The van der Waals surface area contributed by atoms with Gasteiger partial charge in [-0.1, -0.05) is 12.1 Å². The molecule has 6 nitrogen and oxygen atoms in total. The summed E-state index contributed by atoms with van der Waals surface area (Å²) >= 11 is 0. The zero-order valence-electron chi connectivity index (χ0n) is 15.7. The predicted octanol–water partition coefficient (Wildman–Crippen LogP) is 3.67. The molecule has 154 valence electrons. The van der Waals surface area contributed by atoms with Crippen molar-refractivity contribution in [3.8, 4) is 11.3 Å². The average molecular weight is 424 g/mol. The van der Waals surface area contributed by atoms with Crippen LogP contribution in [0.5, 0.6) is 0 Å². The third-order valence-corrected chi connectivity index (χ3v) is 5.50. The molecule has 3 N–H and O–H groups in total. The summed E-state index contributed by atoms with van der Waals surface area (Å²) in [6.45, 7) is 1.87. The van der Waals surface area contributed by atoms with Crippen molar-refractivity contribution >= 4 is 15.7 Å². The summed E-state index contributed by atoms with van der Waals surface area (Å²) in [7, 11) is -2.15. The molecule has 0 unspecified atom stereocenters. The number of alkyl halides is 3. The van der Waals surface area contributed by atoms with E-state index in [0.717, 1.165) is 12.1 Å². The Kier molecular flexibility index (Phi) is 5.42. The van der Waals surface area contributed by atoms with Gasteiger partial charge in [0, 0.05) is 31.0 Å². The average Bonchev–Trinajstić information content (AvgIpc) is 3.04. The van der Waals surface area contributed by atoms with E-state index in [1.165, 1.54) is 18.2 Å². The fourth-order valence-corrected chi connectivity index (χ4v) is 3.82. The van der Waals surface area contributed by atoms with E-state index in [2.05, 4.69) is 10.3 Å². The maximum Gasteiger partial charge on any atom is 0.416 e. The van der Waals surface area contributed by atoms with Crippen LogP contribution in [0.1, 0.15) is 16.7 Å². The lowest BCUT2D eigenvalue weighted by atomic mass is 10.0. The lowest BCUT2D eigenvalue weighted by Crippen LogP contribution is -2.15. The van der Waals surface area contributed by atoms with Gasteiger partial charge in [-0.3, -0.25) is 0 Å². The summed E-state index contributed by atoms with van der Waals surface area (Å²) in [4.78, 5) is 4.27. The molecule has 29 heavy (non-hydrogen) atoms. The summed E-state index contributed by atoms with van der Waals surface area (Å²) in [5.74, 6) is 0. The van der Waals surface area contributed by atoms with E-state index in [1.807, 2.05) is 0 Å². The van der Waals surface area contributed by atoms with E-state index >= 15 is 0 Å². The van der Waals surface area contributed by atoms with Gasteiger partial charge in [0.25, 0.3) is 0 Å². The van der Waals surface area contributed by atoms with E-state index in [1.54, 1.807) is 37.1 Å². The summed E-state index contributed by atoms with van der Waals surface area (Å²) in [6, 6.07) is 7.79. The third-order valence-electron chi connectivity index (χ3n) is 4.45. The topological polar surface area (TPSA) is 90.0 Å². The van der Waals surface area contributed by atoms with Gasteiger partial charge < -0.3 is 9.88 Å². The highest BCUT2D eigenvalue weighted by atomic mass is 32.2. The first-order valence-electron chi connectivity index (χ1n) is 8.51. The maximum absolute atomic E-state index is 12.7. The second-order valence-corrected chi connectivity index (χ2v) is 8.16. The molecule has 0 spiro atoms. The Balaban J connectivity index is 1.96. The van der Waals surface area contributed by atoms with E-state index in [0.29, 0.717) is 28.1 Å². The van der Waals surface area contributed by atoms with Crippen molar-refractivity contribution in [2.24, 2.45) is 12.2 Å². The smallest absolute Gasteiger partial charge is 0.380 e. The number of nitrogens with two attached hydrogens (primary N) is 1. The van der Waals surface area contributed by atoms with E-state index in [4.69, 9.17) is 5.14 Å². The van der Waals surface area contributed by atoms with Crippen LogP contribution in [0.25, 0.3) is 11.3 Å². The van der Waals surface area contributed by atoms with Crippen LogP contribution >= 0.6 is 0 Å². The van der Waals surface area contributed by atoms with Crippen LogP contribution < -0.4 is 10.5 Å². The Morgan fingerprint density at radius 3 is 2.31 bits per heavy atom. The number of nitrogens with one attached hydrogen (secondary N) is 1. The molecule has 1 aromatic heterocycles. The van der Waals surface area contributed by atoms with Crippen molar-refractivity contribution in [3.63, 3.8) is 0 Å². The van der Waals surface area contributed by atoms with Gasteiger partial charge in [0.05, 0.1) is 22.5 Å². The Hall–Kier alpha value is -2.85. The number of hydrogen-bond acceptors (Lipinski definition) is 4. The SMILES string of the molecule is Cc1c(S(N)(=O)=O)ccc(NCc2ccc(C(F)(F)F)cc2)c1-c1cn(C)cn1. The van der Waals surface area contributed by atoms with Crippen LogP contribution in [0.4, 0.5) is 18.9 Å². The molecule has 0 amide bonds. The Morgan fingerprint density at radius 1 is 1.14 bits per heavy atom. The molecule has 0 radical (unpaired) electrons. The highest BCUT2D eigenvalue weighted by Crippen LogP contribution is 2.34. The van der Waals surface area contributed by atoms with Crippen molar-refractivity contribution in [2.45, 2.75) is 24.5 Å². The lowest BCUT2D eigenvalue weighted by molar-refractivity contribution is -0.137. The van der Waals surface area contributed by atoms with E-state index < -0.39 is 21.8 Å². The molecule has 0 saturated carbocycles. The first-order valence-corrected chi connectivity index (χ1v) is 10.1. The summed E-state index contributed by atoms with van der Waals surface area (Å²) in [6.07, 6.45) is -1.07. The number of aromatic nitrogens is 2. The fourth-order valence-electron chi connectivity index (χ4n) is 3.03. The van der Waals surface area contributed by atoms with Gasteiger partial charge in [-0.25, -0.2) is 18.5 Å². The van der Waals surface area contributed by atoms with Gasteiger partial charge in [-0.15, -0.1) is 0 Å². The number of rotatable bonds is 5. The van der Waals surface area contributed by atoms with E-state index in [9.17, 15) is 21.6 Å². The molecule has 0 aliphatic heterocycles. The number of halogens is 3. The van der Waals surface area contributed by atoms with Crippen LogP contribution in [0.2, 0.25) is 0 Å². The number of sulfonamides is 1. The van der Waals surface area contributed by atoms with Crippen molar-refractivity contribution in [2.75, 3.05) is 5.32 Å². The molecule has 3 aromatic rings. The molecule has 0 atom stereocenters. The normalized spacial score (nSPS) is 12.2. The molecule has 0 aliphatic carbocycles. The molecule has 0 aliphatic rings. The van der Waals surface area contributed by atoms with Crippen molar-refractivity contribution in [1.29, 1.82) is 0 Å². The highest BCUT2D eigenvalue weighted by molar-refractivity contribution is 7.89. The summed E-state index contributed by atoms with van der Waals surface area (Å²) in [5.41, 5.74) is 2.05. The van der Waals surface area contributed by atoms with Crippen molar-refractivity contribution < 1.29 is 21.6 Å². The minimum atomic E-state index is -4.39. The van der Waals surface area contributed by atoms with Crippen LogP contribution in [0.3, 0.4) is 0 Å². The molecular formula is C19H19F3N4O2S. The molecule has 2 aromatic carbocycles. The van der Waals surface area contributed by atoms with Crippen LogP contribution in [-0.2, 0) is 29.8 Å².